The van der Waals surface area contributed by atoms with Gasteiger partial charge in [-0.25, -0.2) is 0 Å². The molecule has 0 aliphatic heterocycles. The Hall–Kier alpha value is -1.86. The van der Waals surface area contributed by atoms with Crippen LogP contribution in [0, 0.1) is 0 Å². The molecule has 1 N–H and O–H groups in total. The van der Waals surface area contributed by atoms with Crippen LogP contribution in [0.4, 0.5) is 22.0 Å². The highest BCUT2D eigenvalue weighted by Crippen LogP contribution is 2.36. The molecule has 1 aromatic carbocycles. The number of benzene rings is 1. The Morgan fingerprint density at radius 2 is 1.75 bits per heavy atom. The van der Waals surface area contributed by atoms with Gasteiger partial charge in [0, 0.05) is 5.56 Å². The van der Waals surface area contributed by atoms with E-state index in [1.54, 1.807) is 17.4 Å². The maximum Gasteiger partial charge on any atom is 0.463 e. The second-order valence-electron chi connectivity index (χ2n) is 4.01. The summed E-state index contributed by atoms with van der Waals surface area (Å²) >= 11 is 0. The molecule has 1 atom stereocenters. The van der Waals surface area contributed by atoms with Gasteiger partial charge in [-0.2, -0.15) is 22.0 Å². The number of carbonyl (C=O) groups excluding carboxylic acids is 1. The predicted octanol–water partition coefficient (Wildman–Crippen LogP) is 3.07. The van der Waals surface area contributed by atoms with E-state index in [1.807, 2.05) is 0 Å². The Morgan fingerprint density at radius 3 is 2.25 bits per heavy atom. The summed E-state index contributed by atoms with van der Waals surface area (Å²) in [5, 5.41) is 1.63. The quantitative estimate of drug-likeness (QED) is 0.867. The van der Waals surface area contributed by atoms with Crippen molar-refractivity contribution >= 4 is 5.91 Å². The molecule has 0 bridgehead atoms. The van der Waals surface area contributed by atoms with Gasteiger partial charge in [0.05, 0.1) is 13.2 Å². The van der Waals surface area contributed by atoms with Crippen LogP contribution in [0.5, 0.6) is 5.75 Å². The first-order chi connectivity index (χ1) is 9.11. The summed E-state index contributed by atoms with van der Waals surface area (Å²) in [6.07, 6.45) is -5.93. The van der Waals surface area contributed by atoms with E-state index in [-0.39, 0.29) is 5.75 Å². The Labute approximate surface area is 111 Å². The monoisotopic (exact) mass is 297 g/mol. The number of rotatable bonds is 4. The molecule has 0 saturated heterocycles. The van der Waals surface area contributed by atoms with Crippen LogP contribution in [0.25, 0.3) is 0 Å². The minimum Gasteiger partial charge on any atom is -0.496 e. The number of carbonyl (C=O) groups is 1. The molecule has 3 nitrogen and oxygen atoms in total. The molecule has 112 valence electrons. The largest absolute Gasteiger partial charge is 0.496 e. The fourth-order valence-corrected chi connectivity index (χ4v) is 1.52. The first-order valence-electron chi connectivity index (χ1n) is 5.49. The molecule has 1 amide bonds. The lowest BCUT2D eigenvalue weighted by Crippen LogP contribution is -2.50. The van der Waals surface area contributed by atoms with Crippen molar-refractivity contribution in [3.05, 3.63) is 29.8 Å². The number of amides is 1. The Balaban J connectivity index is 2.91. The van der Waals surface area contributed by atoms with Gasteiger partial charge in [-0.1, -0.05) is 18.2 Å². The normalized spacial score (nSPS) is 13.8. The number of nitrogens with one attached hydrogen (secondary N) is 1. The van der Waals surface area contributed by atoms with Gasteiger partial charge in [-0.05, 0) is 13.0 Å². The lowest BCUT2D eigenvalue weighted by atomic mass is 10.1. The first kappa shape index (κ1) is 16.2. The third kappa shape index (κ3) is 3.17. The molecule has 1 rings (SSSR count). The third-order valence-corrected chi connectivity index (χ3v) is 2.59. The van der Waals surface area contributed by atoms with Crippen LogP contribution in [0.3, 0.4) is 0 Å². The van der Waals surface area contributed by atoms with E-state index < -0.39 is 24.0 Å². The second-order valence-corrected chi connectivity index (χ2v) is 4.01. The van der Waals surface area contributed by atoms with Crippen molar-refractivity contribution in [2.45, 2.75) is 25.1 Å². The number of hydrogen-bond donors (Lipinski definition) is 1. The lowest BCUT2D eigenvalue weighted by Gasteiger charge is -2.22. The summed E-state index contributed by atoms with van der Waals surface area (Å²) in [5.74, 6) is -7.57. The number of para-hydroxylation sites is 1. The Bertz CT molecular complexity index is 487. The lowest BCUT2D eigenvalue weighted by molar-refractivity contribution is -0.270. The fraction of sp³-hybridized carbons (Fsp3) is 0.417. The van der Waals surface area contributed by atoms with Crippen LogP contribution in [-0.4, -0.2) is 25.1 Å². The average Bonchev–Trinajstić information content (AvgIpc) is 2.37. The van der Waals surface area contributed by atoms with Gasteiger partial charge in [0.2, 0.25) is 0 Å². The molecule has 0 fully saturated rings. The highest BCUT2D eigenvalue weighted by atomic mass is 19.4. The summed E-state index contributed by atoms with van der Waals surface area (Å²) in [6, 6.07) is 5.03. The Kier molecular flexibility index (Phi) is 4.57. The van der Waals surface area contributed by atoms with Gasteiger partial charge >= 0.3 is 18.0 Å². The fourth-order valence-electron chi connectivity index (χ4n) is 1.52. The molecule has 20 heavy (non-hydrogen) atoms. The summed E-state index contributed by atoms with van der Waals surface area (Å²) in [5.41, 5.74) is 0.293. The van der Waals surface area contributed by atoms with Crippen LogP contribution in [0.2, 0.25) is 0 Å². The zero-order valence-electron chi connectivity index (χ0n) is 10.6. The first-order valence-corrected chi connectivity index (χ1v) is 5.49. The average molecular weight is 297 g/mol. The molecule has 1 aromatic rings. The highest BCUT2D eigenvalue weighted by molar-refractivity contribution is 5.84. The molecular formula is C12H12F5NO2. The van der Waals surface area contributed by atoms with Gasteiger partial charge in [-0.3, -0.25) is 4.79 Å². The number of ether oxygens (including phenoxy) is 1. The van der Waals surface area contributed by atoms with Crippen LogP contribution in [0.15, 0.2) is 24.3 Å². The van der Waals surface area contributed by atoms with Crippen LogP contribution >= 0.6 is 0 Å². The Morgan fingerprint density at radius 1 is 1.20 bits per heavy atom. The number of halogens is 5. The van der Waals surface area contributed by atoms with Crippen molar-refractivity contribution in [1.29, 1.82) is 0 Å². The molecule has 1 unspecified atom stereocenters. The number of alkyl halides is 5. The topological polar surface area (TPSA) is 38.3 Å². The third-order valence-electron chi connectivity index (χ3n) is 2.59. The van der Waals surface area contributed by atoms with Crippen molar-refractivity contribution in [2.75, 3.05) is 7.11 Å². The van der Waals surface area contributed by atoms with Gasteiger partial charge in [0.15, 0.2) is 0 Å². The summed E-state index contributed by atoms with van der Waals surface area (Å²) in [4.78, 5) is 11.1. The zero-order valence-corrected chi connectivity index (χ0v) is 10.6. The maximum absolute atomic E-state index is 12.8. The van der Waals surface area contributed by atoms with E-state index in [0.717, 1.165) is 0 Å². The number of methoxy groups -OCH3 is 1. The smallest absolute Gasteiger partial charge is 0.463 e. The SMILES string of the molecule is COc1ccccc1C(C)NC(=O)C(F)(F)C(F)(F)F. The summed E-state index contributed by atoms with van der Waals surface area (Å²) < 4.78 is 66.7. The molecule has 0 aromatic heterocycles. The second kappa shape index (κ2) is 5.64. The van der Waals surface area contributed by atoms with E-state index in [4.69, 9.17) is 4.74 Å². The van der Waals surface area contributed by atoms with E-state index in [2.05, 4.69) is 0 Å². The van der Waals surface area contributed by atoms with Crippen molar-refractivity contribution in [3.63, 3.8) is 0 Å². The molecule has 0 radical (unpaired) electrons. The van der Waals surface area contributed by atoms with E-state index >= 15 is 0 Å². The van der Waals surface area contributed by atoms with Crippen molar-refractivity contribution in [1.82, 2.24) is 5.32 Å². The highest BCUT2D eigenvalue weighted by Gasteiger charge is 2.63. The van der Waals surface area contributed by atoms with E-state index in [0.29, 0.717) is 5.56 Å². The molecule has 0 saturated carbocycles. The predicted molar refractivity (Wildman–Crippen MR) is 60.6 cm³/mol. The minimum absolute atomic E-state index is 0.274. The molecule has 0 aliphatic rings. The molecule has 8 heteroatoms. The van der Waals surface area contributed by atoms with Crippen LogP contribution in [-0.2, 0) is 4.79 Å². The van der Waals surface area contributed by atoms with Gasteiger partial charge in [0.1, 0.15) is 5.75 Å². The summed E-state index contributed by atoms with van der Waals surface area (Å²) in [6.45, 7) is 1.28. The van der Waals surface area contributed by atoms with Crippen molar-refractivity contribution in [3.8, 4) is 5.75 Å². The number of hydrogen-bond acceptors (Lipinski definition) is 2. The van der Waals surface area contributed by atoms with Gasteiger partial charge in [0.25, 0.3) is 0 Å². The van der Waals surface area contributed by atoms with Gasteiger partial charge < -0.3 is 10.1 Å². The molecule has 0 heterocycles. The zero-order chi connectivity index (χ0) is 15.6. The van der Waals surface area contributed by atoms with E-state index in [1.165, 1.54) is 26.2 Å². The standard InChI is InChI=1S/C12H12F5NO2/c1-7(8-5-3-4-6-9(8)20-2)18-10(19)11(13,14)12(15,16)17/h3-7H,1-2H3,(H,18,19). The molecule has 0 aliphatic carbocycles. The maximum atomic E-state index is 12.8. The summed E-state index contributed by atoms with van der Waals surface area (Å²) in [7, 11) is 1.32. The minimum atomic E-state index is -5.93. The van der Waals surface area contributed by atoms with E-state index in [9.17, 15) is 26.7 Å². The van der Waals surface area contributed by atoms with Gasteiger partial charge in [-0.15, -0.1) is 0 Å². The van der Waals surface area contributed by atoms with Crippen molar-refractivity contribution < 1.29 is 31.5 Å². The van der Waals surface area contributed by atoms with Crippen LogP contribution in [0.1, 0.15) is 18.5 Å². The van der Waals surface area contributed by atoms with Crippen molar-refractivity contribution in [2.24, 2.45) is 0 Å². The molecular weight excluding hydrogens is 285 g/mol. The molecule has 0 spiro atoms. The van der Waals surface area contributed by atoms with Crippen LogP contribution < -0.4 is 10.1 Å².